The van der Waals surface area contributed by atoms with Crippen molar-refractivity contribution >= 4 is 36.1 Å². The molecule has 2 aromatic rings. The molecule has 1 aliphatic heterocycles. The Morgan fingerprint density at radius 2 is 1.64 bits per heavy atom. The van der Waals surface area contributed by atoms with Crippen molar-refractivity contribution in [2.24, 2.45) is 4.99 Å². The van der Waals surface area contributed by atoms with E-state index >= 15 is 0 Å². The molecule has 0 aliphatic carbocycles. The fourth-order valence-corrected chi connectivity index (χ4v) is 3.48. The van der Waals surface area contributed by atoms with Crippen LogP contribution in [0, 0.1) is 0 Å². The summed E-state index contributed by atoms with van der Waals surface area (Å²) in [5, 5.41) is 5.75. The molecule has 0 amide bonds. The molecule has 0 radical (unpaired) electrons. The van der Waals surface area contributed by atoms with Crippen molar-refractivity contribution in [3.8, 4) is 0 Å². The number of nitrogens with one attached hydrogen (secondary N) is 1. The Bertz CT molecular complexity index is 1060. The molecule has 1 aromatic carbocycles. The van der Waals surface area contributed by atoms with Crippen molar-refractivity contribution in [3.63, 3.8) is 0 Å². The third-order valence-corrected chi connectivity index (χ3v) is 5.55. The molecule has 0 saturated carbocycles. The summed E-state index contributed by atoms with van der Waals surface area (Å²) in [7, 11) is 1.75. The summed E-state index contributed by atoms with van der Waals surface area (Å²) in [5.41, 5.74) is 4.54. The van der Waals surface area contributed by atoms with Crippen LogP contribution in [0.5, 0.6) is 0 Å². The summed E-state index contributed by atoms with van der Waals surface area (Å²) in [4.78, 5) is 10.6. The summed E-state index contributed by atoms with van der Waals surface area (Å²) in [5.74, 6) is 1.07. The van der Waals surface area contributed by atoms with Crippen LogP contribution in [0.4, 0.5) is 11.5 Å². The first-order valence-corrected chi connectivity index (χ1v) is 13.5. The van der Waals surface area contributed by atoms with Crippen molar-refractivity contribution in [1.82, 2.24) is 4.98 Å². The highest BCUT2D eigenvalue weighted by atomic mass is 15.2. The zero-order valence-electron chi connectivity index (χ0n) is 24.4. The molecule has 1 aromatic heterocycles. The highest BCUT2D eigenvalue weighted by Gasteiger charge is 2.13. The Morgan fingerprint density at radius 3 is 2.19 bits per heavy atom. The van der Waals surface area contributed by atoms with E-state index in [1.165, 1.54) is 24.8 Å². The quantitative estimate of drug-likeness (QED) is 0.435. The lowest BCUT2D eigenvalue weighted by molar-refractivity contribution is 0.573. The lowest BCUT2D eigenvalue weighted by Gasteiger charge is -2.28. The number of rotatable bonds is 5. The van der Waals surface area contributed by atoms with Gasteiger partial charge in [-0.1, -0.05) is 64.1 Å². The van der Waals surface area contributed by atoms with Gasteiger partial charge in [0, 0.05) is 44.7 Å². The summed E-state index contributed by atoms with van der Waals surface area (Å²) in [6, 6.07) is 10.6. The fourth-order valence-electron chi connectivity index (χ4n) is 3.48. The summed E-state index contributed by atoms with van der Waals surface area (Å²) in [6.45, 7) is 22.5. The molecule has 0 atom stereocenters. The number of anilines is 2. The Balaban J connectivity index is 0. The van der Waals surface area contributed by atoms with Crippen LogP contribution in [0.2, 0.25) is 0 Å². The van der Waals surface area contributed by atoms with Crippen LogP contribution >= 0.6 is 0 Å². The second-order valence-electron chi connectivity index (χ2n) is 7.88. The minimum absolute atomic E-state index is 0. The highest BCUT2D eigenvalue weighted by molar-refractivity contribution is 5.77. The first-order chi connectivity index (χ1) is 17.5. The number of aliphatic imine (C=N–C) groups is 1. The van der Waals surface area contributed by atoms with Gasteiger partial charge in [0.1, 0.15) is 5.82 Å². The van der Waals surface area contributed by atoms with Gasteiger partial charge in [0.15, 0.2) is 0 Å². The number of hydrogen-bond acceptors (Lipinski definition) is 4. The van der Waals surface area contributed by atoms with Gasteiger partial charge in [-0.3, -0.25) is 0 Å². The fraction of sp³-hybridized carbons (Fsp3) is 0.438. The Hall–Kier alpha value is -3.14. The molecule has 3 rings (SSSR count). The third-order valence-electron chi connectivity index (χ3n) is 5.55. The second-order valence-corrected chi connectivity index (χ2v) is 7.88. The number of allylic oxidation sites excluding steroid dienone is 3. The van der Waals surface area contributed by atoms with Crippen molar-refractivity contribution in [3.05, 3.63) is 70.3 Å². The average molecular weight is 493 g/mol. The van der Waals surface area contributed by atoms with Crippen LogP contribution in [0.1, 0.15) is 81.6 Å². The monoisotopic (exact) mass is 492 g/mol. The largest absolute Gasteiger partial charge is 0.357 e. The zero-order valence-corrected chi connectivity index (χ0v) is 24.4. The van der Waals surface area contributed by atoms with E-state index in [4.69, 9.17) is 0 Å². The number of nitrogens with zero attached hydrogens (tertiary/aromatic N) is 3. The normalized spacial score (nSPS) is 14.1. The van der Waals surface area contributed by atoms with Gasteiger partial charge in [0.05, 0.1) is 0 Å². The van der Waals surface area contributed by atoms with Gasteiger partial charge in [0.2, 0.25) is 0 Å². The Morgan fingerprint density at radius 1 is 1.00 bits per heavy atom. The highest BCUT2D eigenvalue weighted by Crippen LogP contribution is 2.23. The molecule has 4 nitrogen and oxygen atoms in total. The Labute approximate surface area is 222 Å². The maximum atomic E-state index is 4.61. The summed E-state index contributed by atoms with van der Waals surface area (Å²) in [6.07, 6.45) is 13.9. The first-order valence-electron chi connectivity index (χ1n) is 13.5. The lowest BCUT2D eigenvalue weighted by atomic mass is 10.1. The van der Waals surface area contributed by atoms with E-state index in [9.17, 15) is 0 Å². The molecule has 0 unspecified atom stereocenters. The summed E-state index contributed by atoms with van der Waals surface area (Å²) >= 11 is 0. The van der Waals surface area contributed by atoms with E-state index in [1.54, 1.807) is 13.3 Å². The molecule has 1 saturated heterocycles. The van der Waals surface area contributed by atoms with E-state index in [0.717, 1.165) is 46.3 Å². The third kappa shape index (κ3) is 11.5. The number of piperidine rings is 1. The molecule has 200 valence electrons. The maximum absolute atomic E-state index is 4.61. The van der Waals surface area contributed by atoms with Crippen molar-refractivity contribution in [1.29, 1.82) is 0 Å². The SMILES string of the molecule is C=c1ccc(N/C(=C/C)c2ccnc(N3CCCCC3)c2)c/c1=C/C(C)=C\C.CC.CC.CC=NC.[HH]. The van der Waals surface area contributed by atoms with E-state index in [0.29, 0.717) is 0 Å². The maximum Gasteiger partial charge on any atom is 0.129 e. The molecule has 36 heavy (non-hydrogen) atoms. The molecule has 0 bridgehead atoms. The topological polar surface area (TPSA) is 40.5 Å². The Kier molecular flexibility index (Phi) is 18.3. The van der Waals surface area contributed by atoms with E-state index in [-0.39, 0.29) is 1.43 Å². The first kappa shape index (κ1) is 32.9. The van der Waals surface area contributed by atoms with Gasteiger partial charge in [-0.05, 0) is 87.9 Å². The van der Waals surface area contributed by atoms with Crippen molar-refractivity contribution in [2.45, 2.75) is 74.7 Å². The van der Waals surface area contributed by atoms with Crippen LogP contribution in [-0.2, 0) is 0 Å². The van der Waals surface area contributed by atoms with Gasteiger partial charge in [-0.15, -0.1) is 0 Å². The van der Waals surface area contributed by atoms with Gasteiger partial charge in [-0.2, -0.15) is 0 Å². The average Bonchev–Trinajstić information content (AvgIpc) is 2.96. The van der Waals surface area contributed by atoms with Crippen LogP contribution in [0.25, 0.3) is 18.4 Å². The second kappa shape index (κ2) is 20.1. The van der Waals surface area contributed by atoms with Gasteiger partial charge in [0.25, 0.3) is 0 Å². The minimum atomic E-state index is 0. The molecule has 2 heterocycles. The molecule has 4 heteroatoms. The van der Waals surface area contributed by atoms with Gasteiger partial charge >= 0.3 is 0 Å². The van der Waals surface area contributed by atoms with E-state index < -0.39 is 0 Å². The van der Waals surface area contributed by atoms with Crippen LogP contribution in [0.3, 0.4) is 0 Å². The van der Waals surface area contributed by atoms with Crippen LogP contribution < -0.4 is 20.7 Å². The predicted octanol–water partition coefficient (Wildman–Crippen LogP) is 7.71. The van der Waals surface area contributed by atoms with Gasteiger partial charge in [-0.25, -0.2) is 4.98 Å². The molecular weight excluding hydrogens is 440 g/mol. The molecule has 1 fully saturated rings. The van der Waals surface area contributed by atoms with Gasteiger partial charge < -0.3 is 15.2 Å². The molecular formula is C32H52N4. The lowest BCUT2D eigenvalue weighted by Crippen LogP contribution is -2.30. The predicted molar refractivity (Wildman–Crippen MR) is 168 cm³/mol. The molecule has 0 spiro atoms. The number of hydrogen-bond donors (Lipinski definition) is 1. The number of pyridine rings is 1. The minimum Gasteiger partial charge on any atom is -0.357 e. The van der Waals surface area contributed by atoms with E-state index in [2.05, 4.69) is 96.1 Å². The zero-order chi connectivity index (χ0) is 27.3. The smallest absolute Gasteiger partial charge is 0.129 e. The standard InChI is InChI=1S/C25H31N3.C3H7N.2C2H6.H2/c1-5-19(3)16-22-17-23(11-10-20(22)4)27-24(6-2)21-12-13-26-25(18-21)28-14-8-7-9-15-28;1-3-4-2;2*1-2;/h5-6,10-13,16-18,27H,4,7-9,14-15H2,1-3H3;3H,1-2H3;2*1-2H3;1H/b19-5-,22-16-,24-6+;;;;. The molecule has 1 N–H and O–H groups in total. The van der Waals surface area contributed by atoms with E-state index in [1.807, 2.05) is 40.8 Å². The van der Waals surface area contributed by atoms with Crippen molar-refractivity contribution in [2.75, 3.05) is 30.4 Å². The molecule has 1 aliphatic rings. The number of aromatic nitrogens is 1. The van der Waals surface area contributed by atoms with Crippen LogP contribution in [0.15, 0.2) is 59.2 Å². The van der Waals surface area contributed by atoms with Crippen LogP contribution in [-0.4, -0.2) is 31.3 Å². The summed E-state index contributed by atoms with van der Waals surface area (Å²) < 4.78 is 0. The number of benzene rings is 1. The van der Waals surface area contributed by atoms with Crippen molar-refractivity contribution < 1.29 is 1.43 Å².